The number of amides is 2. The van der Waals surface area contributed by atoms with Crippen molar-refractivity contribution in [3.63, 3.8) is 0 Å². The number of carbonyl (C=O) groups excluding carboxylic acids is 4. The van der Waals surface area contributed by atoms with E-state index in [0.717, 1.165) is 16.9 Å². The highest BCUT2D eigenvalue weighted by molar-refractivity contribution is 7.18. The van der Waals surface area contributed by atoms with E-state index in [1.165, 1.54) is 0 Å². The fourth-order valence-electron chi connectivity index (χ4n) is 2.66. The van der Waals surface area contributed by atoms with Gasteiger partial charge in [0.25, 0.3) is 5.91 Å². The van der Waals surface area contributed by atoms with Crippen LogP contribution in [0.2, 0.25) is 0 Å². The number of hydrogen-bond donors (Lipinski definition) is 2. The molecule has 0 aliphatic rings. The van der Waals surface area contributed by atoms with E-state index in [-0.39, 0.29) is 34.6 Å². The number of anilines is 1. The highest BCUT2D eigenvalue weighted by Gasteiger charge is 2.28. The lowest BCUT2D eigenvalue weighted by Gasteiger charge is -2.06. The molecular weight excluding hydrogens is 408 g/mol. The molecule has 2 amide bonds. The summed E-state index contributed by atoms with van der Waals surface area (Å²) < 4.78 is 9.70. The summed E-state index contributed by atoms with van der Waals surface area (Å²) in [7, 11) is 0. The van der Waals surface area contributed by atoms with Gasteiger partial charge in [0, 0.05) is 6.54 Å². The van der Waals surface area contributed by atoms with Crippen LogP contribution >= 0.6 is 11.3 Å². The predicted molar refractivity (Wildman–Crippen MR) is 113 cm³/mol. The monoisotopic (exact) mass is 432 g/mol. The maximum atomic E-state index is 12.7. The lowest BCUT2D eigenvalue weighted by Crippen LogP contribution is -2.25. The van der Waals surface area contributed by atoms with Gasteiger partial charge in [0.15, 0.2) is 0 Å². The fourth-order valence-corrected chi connectivity index (χ4v) is 3.77. The van der Waals surface area contributed by atoms with Gasteiger partial charge in [-0.05, 0) is 38.3 Å². The first-order valence-corrected chi connectivity index (χ1v) is 10.3. The quantitative estimate of drug-likeness (QED) is 0.490. The second kappa shape index (κ2) is 11.1. The van der Waals surface area contributed by atoms with Crippen LogP contribution in [0, 0.1) is 6.92 Å². The summed E-state index contributed by atoms with van der Waals surface area (Å²) in [5, 5.41) is 5.23. The third-order valence-electron chi connectivity index (χ3n) is 4.06. The van der Waals surface area contributed by atoms with Crippen molar-refractivity contribution < 1.29 is 28.7 Å². The van der Waals surface area contributed by atoms with Crippen molar-refractivity contribution in [2.24, 2.45) is 0 Å². The average Bonchev–Trinajstić information content (AvgIpc) is 3.05. The molecule has 0 atom stereocenters. The second-order valence-corrected chi connectivity index (χ2v) is 7.17. The summed E-state index contributed by atoms with van der Waals surface area (Å²) in [4.78, 5) is 49.0. The van der Waals surface area contributed by atoms with Gasteiger partial charge in [-0.3, -0.25) is 9.59 Å². The van der Waals surface area contributed by atoms with Crippen LogP contribution in [-0.2, 0) is 25.5 Å². The Balaban J connectivity index is 2.20. The number of carbonyl (C=O) groups is 4. The summed E-state index contributed by atoms with van der Waals surface area (Å²) in [6, 6.07) is 9.68. The van der Waals surface area contributed by atoms with E-state index >= 15 is 0 Å². The molecule has 0 bridgehead atoms. The Morgan fingerprint density at radius 3 is 2.30 bits per heavy atom. The Kier molecular flexibility index (Phi) is 8.54. The van der Waals surface area contributed by atoms with Crippen LogP contribution in [0.5, 0.6) is 0 Å². The molecule has 0 spiro atoms. The minimum absolute atomic E-state index is 0.0372. The van der Waals surface area contributed by atoms with E-state index in [1.54, 1.807) is 20.8 Å². The maximum absolute atomic E-state index is 12.7. The van der Waals surface area contributed by atoms with Crippen LogP contribution < -0.4 is 10.6 Å². The SMILES string of the molecule is CCOC(=O)C(=O)Nc1sc(C(=O)NCCc2ccccc2)c(C)c1C(=O)OCC. The predicted octanol–water partition coefficient (Wildman–Crippen LogP) is 2.71. The van der Waals surface area contributed by atoms with E-state index in [4.69, 9.17) is 4.74 Å². The molecule has 2 N–H and O–H groups in total. The number of thiophene rings is 1. The summed E-state index contributed by atoms with van der Waals surface area (Å²) in [6.45, 7) is 5.37. The molecule has 1 aromatic carbocycles. The Hall–Kier alpha value is -3.20. The Labute approximate surface area is 178 Å². The van der Waals surface area contributed by atoms with Crippen LogP contribution in [0.1, 0.15) is 45.0 Å². The molecule has 0 aliphatic carbocycles. The topological polar surface area (TPSA) is 111 Å². The van der Waals surface area contributed by atoms with Gasteiger partial charge in [-0.15, -0.1) is 11.3 Å². The highest BCUT2D eigenvalue weighted by Crippen LogP contribution is 2.33. The zero-order valence-electron chi connectivity index (χ0n) is 17.1. The molecule has 2 aromatic rings. The van der Waals surface area contributed by atoms with Crippen LogP contribution in [0.4, 0.5) is 5.00 Å². The van der Waals surface area contributed by atoms with Crippen LogP contribution in [-0.4, -0.2) is 43.5 Å². The lowest BCUT2D eigenvalue weighted by molar-refractivity contribution is -0.152. The molecule has 0 radical (unpaired) electrons. The first kappa shape index (κ1) is 23.1. The van der Waals surface area contributed by atoms with Gasteiger partial charge >= 0.3 is 17.8 Å². The van der Waals surface area contributed by atoms with Crippen LogP contribution in [0.3, 0.4) is 0 Å². The number of benzene rings is 1. The molecule has 9 heteroatoms. The van der Waals surface area contributed by atoms with E-state index in [2.05, 4.69) is 15.4 Å². The normalized spacial score (nSPS) is 10.2. The second-order valence-electron chi connectivity index (χ2n) is 6.15. The zero-order valence-corrected chi connectivity index (χ0v) is 17.9. The van der Waals surface area contributed by atoms with Crippen molar-refractivity contribution in [1.82, 2.24) is 5.32 Å². The first-order chi connectivity index (χ1) is 14.4. The number of hydrogen-bond acceptors (Lipinski definition) is 7. The van der Waals surface area contributed by atoms with Gasteiger partial charge in [0.1, 0.15) is 5.00 Å². The van der Waals surface area contributed by atoms with Crippen molar-refractivity contribution in [3.05, 3.63) is 51.9 Å². The largest absolute Gasteiger partial charge is 0.462 e. The highest BCUT2D eigenvalue weighted by atomic mass is 32.1. The number of ether oxygens (including phenoxy) is 2. The first-order valence-electron chi connectivity index (χ1n) is 9.49. The maximum Gasteiger partial charge on any atom is 0.397 e. The molecule has 8 nitrogen and oxygen atoms in total. The van der Waals surface area contributed by atoms with E-state index in [1.807, 2.05) is 30.3 Å². The number of rotatable bonds is 8. The minimum Gasteiger partial charge on any atom is -0.462 e. The molecule has 0 saturated carbocycles. The lowest BCUT2D eigenvalue weighted by atomic mass is 10.1. The Morgan fingerprint density at radius 1 is 1.00 bits per heavy atom. The fraction of sp³-hybridized carbons (Fsp3) is 0.333. The van der Waals surface area contributed by atoms with Gasteiger partial charge in [-0.2, -0.15) is 0 Å². The summed E-state index contributed by atoms with van der Waals surface area (Å²) in [5.74, 6) is -3.17. The molecule has 0 aliphatic heterocycles. The van der Waals surface area contributed by atoms with Gasteiger partial charge in [-0.25, -0.2) is 9.59 Å². The molecular formula is C21H24N2O6S. The van der Waals surface area contributed by atoms with Crippen molar-refractivity contribution in [2.45, 2.75) is 27.2 Å². The minimum atomic E-state index is -1.08. The van der Waals surface area contributed by atoms with Crippen LogP contribution in [0.15, 0.2) is 30.3 Å². The van der Waals surface area contributed by atoms with E-state index in [0.29, 0.717) is 18.5 Å². The molecule has 0 saturated heterocycles. The zero-order chi connectivity index (χ0) is 22.1. The Bertz CT molecular complexity index is 923. The van der Waals surface area contributed by atoms with E-state index < -0.39 is 17.8 Å². The van der Waals surface area contributed by atoms with Crippen molar-refractivity contribution in [3.8, 4) is 0 Å². The molecule has 1 aromatic heterocycles. The summed E-state index contributed by atoms with van der Waals surface area (Å²) >= 11 is 0.906. The summed E-state index contributed by atoms with van der Waals surface area (Å²) in [5.41, 5.74) is 1.50. The Morgan fingerprint density at radius 2 is 1.67 bits per heavy atom. The van der Waals surface area contributed by atoms with Gasteiger partial charge in [0.05, 0.1) is 23.7 Å². The van der Waals surface area contributed by atoms with Crippen LogP contribution in [0.25, 0.3) is 0 Å². The van der Waals surface area contributed by atoms with Gasteiger partial charge < -0.3 is 20.1 Å². The average molecular weight is 432 g/mol. The molecule has 30 heavy (non-hydrogen) atoms. The molecule has 160 valence electrons. The van der Waals surface area contributed by atoms with Crippen molar-refractivity contribution in [2.75, 3.05) is 25.1 Å². The van der Waals surface area contributed by atoms with Crippen molar-refractivity contribution in [1.29, 1.82) is 0 Å². The van der Waals surface area contributed by atoms with Crippen molar-refractivity contribution >= 4 is 40.1 Å². The van der Waals surface area contributed by atoms with E-state index in [9.17, 15) is 19.2 Å². The third kappa shape index (κ3) is 5.90. The smallest absolute Gasteiger partial charge is 0.397 e. The molecule has 1 heterocycles. The van der Waals surface area contributed by atoms with Gasteiger partial charge in [0.2, 0.25) is 0 Å². The standard InChI is InChI=1S/C21H24N2O6S/c1-4-28-20(26)15-13(3)16(30-19(15)23-18(25)21(27)29-5-2)17(24)22-12-11-14-9-7-6-8-10-14/h6-10H,4-5,11-12H2,1-3H3,(H,22,24)(H,23,25). The molecule has 0 unspecified atom stereocenters. The summed E-state index contributed by atoms with van der Waals surface area (Å²) in [6.07, 6.45) is 0.647. The molecule has 2 rings (SSSR count). The third-order valence-corrected chi connectivity index (χ3v) is 5.27. The number of nitrogens with one attached hydrogen (secondary N) is 2. The number of esters is 2. The van der Waals surface area contributed by atoms with Gasteiger partial charge in [-0.1, -0.05) is 30.3 Å². The molecule has 0 fully saturated rings.